The van der Waals surface area contributed by atoms with Gasteiger partial charge in [0.15, 0.2) is 6.61 Å². The van der Waals surface area contributed by atoms with Crippen LogP contribution in [0.3, 0.4) is 0 Å². The van der Waals surface area contributed by atoms with Crippen molar-refractivity contribution >= 4 is 17.8 Å². The van der Waals surface area contributed by atoms with Crippen LogP contribution in [0.5, 0.6) is 0 Å². The third kappa shape index (κ3) is 5.73. The topological polar surface area (TPSA) is 84.5 Å². The number of esters is 1. The van der Waals surface area contributed by atoms with E-state index in [1.54, 1.807) is 18.2 Å². The third-order valence-corrected chi connectivity index (χ3v) is 3.76. The van der Waals surface area contributed by atoms with Gasteiger partial charge in [-0.15, -0.1) is 0 Å². The first-order valence-electron chi connectivity index (χ1n) is 7.84. The van der Waals surface area contributed by atoms with Crippen LogP contribution in [0.15, 0.2) is 24.3 Å². The van der Waals surface area contributed by atoms with Gasteiger partial charge in [0.2, 0.25) is 0 Å². The van der Waals surface area contributed by atoms with Crippen molar-refractivity contribution in [1.29, 1.82) is 0 Å². The van der Waals surface area contributed by atoms with Gasteiger partial charge in [-0.1, -0.05) is 30.5 Å². The van der Waals surface area contributed by atoms with Gasteiger partial charge in [0.05, 0.1) is 0 Å². The van der Waals surface area contributed by atoms with Crippen molar-refractivity contribution in [3.8, 4) is 0 Å². The van der Waals surface area contributed by atoms with Gasteiger partial charge in [0.1, 0.15) is 6.54 Å². The summed E-state index contributed by atoms with van der Waals surface area (Å²) < 4.78 is 4.86. The summed E-state index contributed by atoms with van der Waals surface area (Å²) in [6.07, 6.45) is 4.20. The third-order valence-electron chi connectivity index (χ3n) is 3.76. The highest BCUT2D eigenvalue weighted by Crippen LogP contribution is 2.17. The monoisotopic (exact) mass is 318 g/mol. The zero-order valence-electron chi connectivity index (χ0n) is 13.3. The summed E-state index contributed by atoms with van der Waals surface area (Å²) in [5.41, 5.74) is 1.44. The minimum absolute atomic E-state index is 0.197. The lowest BCUT2D eigenvalue weighted by Gasteiger charge is -2.12. The molecule has 0 aromatic heterocycles. The summed E-state index contributed by atoms with van der Waals surface area (Å²) in [5, 5.41) is 5.31. The normalized spacial score (nSPS) is 14.3. The standard InChI is InChI=1S/C17H22N2O4/c1-12-5-4-6-13(9-12)17(22)18-10-16(21)23-11-15(20)19-14-7-2-3-8-14/h4-6,9,14H,2-3,7-8,10-11H2,1H3,(H,18,22)(H,19,20). The van der Waals surface area contributed by atoms with Crippen LogP contribution in [0.2, 0.25) is 0 Å². The van der Waals surface area contributed by atoms with Crippen molar-refractivity contribution in [3.63, 3.8) is 0 Å². The smallest absolute Gasteiger partial charge is 0.325 e. The molecule has 2 N–H and O–H groups in total. The van der Waals surface area contributed by atoms with Gasteiger partial charge in [-0.05, 0) is 31.9 Å². The van der Waals surface area contributed by atoms with E-state index in [0.717, 1.165) is 31.2 Å². The Hall–Kier alpha value is -2.37. The second-order valence-electron chi connectivity index (χ2n) is 5.76. The lowest BCUT2D eigenvalue weighted by atomic mass is 10.1. The molecule has 1 aliphatic carbocycles. The first-order valence-corrected chi connectivity index (χ1v) is 7.84. The minimum Gasteiger partial charge on any atom is -0.454 e. The fourth-order valence-corrected chi connectivity index (χ4v) is 2.58. The lowest BCUT2D eigenvalue weighted by Crippen LogP contribution is -2.37. The van der Waals surface area contributed by atoms with Crippen LogP contribution in [0, 0.1) is 6.92 Å². The summed E-state index contributed by atoms with van der Waals surface area (Å²) in [5.74, 6) is -1.27. The highest BCUT2D eigenvalue weighted by Gasteiger charge is 2.18. The molecule has 124 valence electrons. The van der Waals surface area contributed by atoms with E-state index >= 15 is 0 Å². The van der Waals surface area contributed by atoms with E-state index < -0.39 is 5.97 Å². The molecule has 1 saturated carbocycles. The molecule has 1 aromatic carbocycles. The maximum Gasteiger partial charge on any atom is 0.325 e. The van der Waals surface area contributed by atoms with Crippen molar-refractivity contribution in [1.82, 2.24) is 10.6 Å². The molecule has 0 heterocycles. The molecule has 0 unspecified atom stereocenters. The molecule has 0 aliphatic heterocycles. The maximum absolute atomic E-state index is 11.9. The minimum atomic E-state index is -0.632. The second kappa shape index (κ2) is 8.31. The molecule has 2 amide bonds. The number of hydrogen-bond acceptors (Lipinski definition) is 4. The molecule has 0 saturated heterocycles. The van der Waals surface area contributed by atoms with E-state index in [0.29, 0.717) is 5.56 Å². The molecule has 0 spiro atoms. The molecule has 2 rings (SSSR count). The first-order chi connectivity index (χ1) is 11.0. The highest BCUT2D eigenvalue weighted by molar-refractivity contribution is 5.96. The van der Waals surface area contributed by atoms with Crippen LogP contribution in [0.1, 0.15) is 41.6 Å². The number of rotatable bonds is 6. The van der Waals surface area contributed by atoms with E-state index in [4.69, 9.17) is 4.74 Å². The van der Waals surface area contributed by atoms with Gasteiger partial charge < -0.3 is 15.4 Å². The number of amides is 2. The van der Waals surface area contributed by atoms with Crippen molar-refractivity contribution < 1.29 is 19.1 Å². The molecule has 23 heavy (non-hydrogen) atoms. The van der Waals surface area contributed by atoms with Crippen LogP contribution in [0.4, 0.5) is 0 Å². The van der Waals surface area contributed by atoms with Crippen LogP contribution < -0.4 is 10.6 Å². The predicted molar refractivity (Wildman–Crippen MR) is 84.9 cm³/mol. The number of nitrogens with one attached hydrogen (secondary N) is 2. The van der Waals surface area contributed by atoms with Gasteiger partial charge in [0, 0.05) is 11.6 Å². The van der Waals surface area contributed by atoms with Gasteiger partial charge in [-0.25, -0.2) is 0 Å². The van der Waals surface area contributed by atoms with E-state index in [-0.39, 0.29) is 31.0 Å². The number of aryl methyl sites for hydroxylation is 1. The molecule has 0 bridgehead atoms. The molecule has 0 radical (unpaired) electrons. The fourth-order valence-electron chi connectivity index (χ4n) is 2.58. The Bertz CT molecular complexity index is 580. The number of carbonyl (C=O) groups is 3. The van der Waals surface area contributed by atoms with E-state index in [2.05, 4.69) is 10.6 Å². The van der Waals surface area contributed by atoms with Crippen LogP contribution >= 0.6 is 0 Å². The van der Waals surface area contributed by atoms with Crippen molar-refractivity contribution in [3.05, 3.63) is 35.4 Å². The Morgan fingerprint density at radius 3 is 2.65 bits per heavy atom. The zero-order valence-corrected chi connectivity index (χ0v) is 13.3. The highest BCUT2D eigenvalue weighted by atomic mass is 16.5. The Balaban J connectivity index is 1.66. The summed E-state index contributed by atoms with van der Waals surface area (Å²) in [6, 6.07) is 7.25. The van der Waals surface area contributed by atoms with Gasteiger partial charge >= 0.3 is 5.97 Å². The second-order valence-corrected chi connectivity index (χ2v) is 5.76. The summed E-state index contributed by atoms with van der Waals surface area (Å²) in [7, 11) is 0. The van der Waals surface area contributed by atoms with Gasteiger partial charge in [0.25, 0.3) is 11.8 Å². The maximum atomic E-state index is 11.9. The Morgan fingerprint density at radius 1 is 1.22 bits per heavy atom. The number of ether oxygens (including phenoxy) is 1. The van der Waals surface area contributed by atoms with E-state index in [1.165, 1.54) is 0 Å². The van der Waals surface area contributed by atoms with E-state index in [9.17, 15) is 14.4 Å². The average molecular weight is 318 g/mol. The number of carbonyl (C=O) groups excluding carboxylic acids is 3. The molecule has 6 nitrogen and oxygen atoms in total. The largest absolute Gasteiger partial charge is 0.454 e. The molecular weight excluding hydrogens is 296 g/mol. The molecule has 1 aliphatic rings. The van der Waals surface area contributed by atoms with Gasteiger partial charge in [-0.3, -0.25) is 14.4 Å². The predicted octanol–water partition coefficient (Wildman–Crippen LogP) is 1.33. The van der Waals surface area contributed by atoms with Crippen LogP contribution in [0.25, 0.3) is 0 Å². The average Bonchev–Trinajstić information content (AvgIpc) is 3.03. The molecule has 1 fully saturated rings. The Morgan fingerprint density at radius 2 is 1.96 bits per heavy atom. The van der Waals surface area contributed by atoms with Crippen LogP contribution in [-0.4, -0.2) is 37.0 Å². The molecule has 6 heteroatoms. The SMILES string of the molecule is Cc1cccc(C(=O)NCC(=O)OCC(=O)NC2CCCC2)c1. The Labute approximate surface area is 135 Å². The van der Waals surface area contributed by atoms with Crippen LogP contribution in [-0.2, 0) is 14.3 Å². The summed E-state index contributed by atoms with van der Waals surface area (Å²) in [4.78, 5) is 35.1. The summed E-state index contributed by atoms with van der Waals surface area (Å²) in [6.45, 7) is 1.31. The first kappa shape index (κ1) is 17.0. The molecular formula is C17H22N2O4. The zero-order chi connectivity index (χ0) is 16.7. The molecule has 0 atom stereocenters. The van der Waals surface area contributed by atoms with Crippen molar-refractivity contribution in [2.24, 2.45) is 0 Å². The van der Waals surface area contributed by atoms with Gasteiger partial charge in [-0.2, -0.15) is 0 Å². The fraction of sp³-hybridized carbons (Fsp3) is 0.471. The lowest BCUT2D eigenvalue weighted by molar-refractivity contribution is -0.147. The summed E-state index contributed by atoms with van der Waals surface area (Å²) >= 11 is 0. The molecule has 1 aromatic rings. The van der Waals surface area contributed by atoms with E-state index in [1.807, 2.05) is 13.0 Å². The Kier molecular flexibility index (Phi) is 6.14. The van der Waals surface area contributed by atoms with Crippen molar-refractivity contribution in [2.45, 2.75) is 38.6 Å². The quantitative estimate of drug-likeness (QED) is 0.775. The van der Waals surface area contributed by atoms with Crippen molar-refractivity contribution in [2.75, 3.05) is 13.2 Å². The number of hydrogen-bond donors (Lipinski definition) is 2. The number of benzene rings is 1.